The van der Waals surface area contributed by atoms with E-state index in [2.05, 4.69) is 143 Å². The van der Waals surface area contributed by atoms with Crippen molar-refractivity contribution in [2.24, 2.45) is 0 Å². The van der Waals surface area contributed by atoms with Crippen LogP contribution in [0.2, 0.25) is 0 Å². The Labute approximate surface area is 229 Å². The fourth-order valence-electron chi connectivity index (χ4n) is 6.48. The molecule has 9 rings (SSSR count). The predicted octanol–water partition coefficient (Wildman–Crippen LogP) is 10.0. The molecule has 0 fully saturated rings. The van der Waals surface area contributed by atoms with Crippen molar-refractivity contribution in [2.75, 3.05) is 0 Å². The molecule has 6 aromatic carbocycles. The molecule has 0 spiro atoms. The minimum absolute atomic E-state index is 1.17. The van der Waals surface area contributed by atoms with Crippen LogP contribution in [0.1, 0.15) is 0 Å². The highest BCUT2D eigenvalue weighted by Gasteiger charge is 2.27. The lowest BCUT2D eigenvalue weighted by Gasteiger charge is -2.21. The molecule has 0 aliphatic carbocycles. The second kappa shape index (κ2) is 7.89. The maximum atomic E-state index is 2.50. The van der Waals surface area contributed by atoms with Gasteiger partial charge in [0, 0.05) is 31.6 Å². The molecule has 2 aromatic heterocycles. The topological polar surface area (TPSA) is 9.86 Å². The first-order valence-electron chi connectivity index (χ1n) is 13.3. The van der Waals surface area contributed by atoms with Crippen LogP contribution in [0.25, 0.3) is 66.1 Å². The summed E-state index contributed by atoms with van der Waals surface area (Å²) in [5.41, 5.74) is 8.65. The smallest absolute Gasteiger partial charge is 0.131 e. The van der Waals surface area contributed by atoms with Gasteiger partial charge in [-0.3, -0.25) is 9.13 Å². The van der Waals surface area contributed by atoms with Crippen molar-refractivity contribution in [1.82, 2.24) is 9.13 Å². The summed E-state index contributed by atoms with van der Waals surface area (Å²) in [7, 11) is 0. The SMILES string of the molecule is c1cc(-c2cccc3ccccc23)cc(-n2c3ccccc3c3c4cccc5c4n(c32)-c2ccccc2S5)c1. The first kappa shape index (κ1) is 21.2. The summed E-state index contributed by atoms with van der Waals surface area (Å²) in [6.07, 6.45) is 0. The predicted molar refractivity (Wildman–Crippen MR) is 165 cm³/mol. The number of hydrogen-bond donors (Lipinski definition) is 0. The summed E-state index contributed by atoms with van der Waals surface area (Å²) in [6, 6.07) is 48.6. The minimum atomic E-state index is 1.17. The van der Waals surface area contributed by atoms with E-state index in [0.717, 1.165) is 0 Å². The molecule has 0 N–H and O–H groups in total. The zero-order chi connectivity index (χ0) is 25.5. The van der Waals surface area contributed by atoms with Crippen LogP contribution >= 0.6 is 11.8 Å². The maximum absolute atomic E-state index is 2.50. The fourth-order valence-corrected chi connectivity index (χ4v) is 7.57. The summed E-state index contributed by atoms with van der Waals surface area (Å²) in [4.78, 5) is 2.60. The average Bonchev–Trinajstić information content (AvgIpc) is 3.51. The van der Waals surface area contributed by atoms with Crippen molar-refractivity contribution in [2.45, 2.75) is 9.79 Å². The van der Waals surface area contributed by atoms with Gasteiger partial charge >= 0.3 is 0 Å². The van der Waals surface area contributed by atoms with Crippen molar-refractivity contribution < 1.29 is 0 Å². The standard InChI is InChI=1S/C36H22N2S/c1-2-14-26-23(10-1)11-8-16-27(26)24-12-7-13-25(22-24)37-30-18-4-3-15-28(30)34-29-17-9-21-33-35(29)38(36(34)37)31-19-5-6-20-32(31)39-33/h1-22H. The summed E-state index contributed by atoms with van der Waals surface area (Å²) < 4.78 is 4.96. The highest BCUT2D eigenvalue weighted by atomic mass is 32.2. The first-order chi connectivity index (χ1) is 19.4. The lowest BCUT2D eigenvalue weighted by Crippen LogP contribution is -2.05. The summed E-state index contributed by atoms with van der Waals surface area (Å²) in [6.45, 7) is 0. The van der Waals surface area contributed by atoms with E-state index in [9.17, 15) is 0 Å². The van der Waals surface area contributed by atoms with Gasteiger partial charge in [-0.05, 0) is 58.3 Å². The molecule has 0 amide bonds. The summed E-state index contributed by atoms with van der Waals surface area (Å²) in [5.74, 6) is 0. The Morgan fingerprint density at radius 1 is 0.513 bits per heavy atom. The second-order valence-corrected chi connectivity index (χ2v) is 11.3. The molecule has 3 heteroatoms. The Kier molecular flexibility index (Phi) is 4.29. The molecule has 2 nitrogen and oxygen atoms in total. The lowest BCUT2D eigenvalue weighted by molar-refractivity contribution is 1.03. The van der Waals surface area contributed by atoms with Gasteiger partial charge in [0.15, 0.2) is 0 Å². The van der Waals surface area contributed by atoms with Crippen molar-refractivity contribution in [3.63, 3.8) is 0 Å². The van der Waals surface area contributed by atoms with Crippen LogP contribution in [0, 0.1) is 0 Å². The monoisotopic (exact) mass is 514 g/mol. The molecule has 8 aromatic rings. The van der Waals surface area contributed by atoms with Gasteiger partial charge in [-0.1, -0.05) is 109 Å². The van der Waals surface area contributed by atoms with E-state index in [0.29, 0.717) is 0 Å². The third-order valence-electron chi connectivity index (χ3n) is 8.08. The first-order valence-corrected chi connectivity index (χ1v) is 14.1. The van der Waals surface area contributed by atoms with E-state index >= 15 is 0 Å². The molecule has 1 aliphatic rings. The van der Waals surface area contributed by atoms with E-state index in [1.54, 1.807) is 0 Å². The number of para-hydroxylation sites is 3. The fraction of sp³-hybridized carbons (Fsp3) is 0. The molecule has 0 radical (unpaired) electrons. The zero-order valence-corrected chi connectivity index (χ0v) is 21.8. The van der Waals surface area contributed by atoms with E-state index < -0.39 is 0 Å². The minimum Gasteiger partial charge on any atom is -0.295 e. The van der Waals surface area contributed by atoms with Crippen LogP contribution in [0.4, 0.5) is 0 Å². The Morgan fingerprint density at radius 2 is 1.23 bits per heavy atom. The van der Waals surface area contributed by atoms with Gasteiger partial charge in [0.2, 0.25) is 0 Å². The molecule has 182 valence electrons. The Bertz CT molecular complexity index is 2260. The molecular formula is C36H22N2S. The lowest BCUT2D eigenvalue weighted by atomic mass is 9.98. The largest absolute Gasteiger partial charge is 0.295 e. The van der Waals surface area contributed by atoms with E-state index in [1.807, 2.05) is 11.8 Å². The molecule has 39 heavy (non-hydrogen) atoms. The van der Waals surface area contributed by atoms with Crippen molar-refractivity contribution in [3.05, 3.63) is 133 Å². The highest BCUT2D eigenvalue weighted by Crippen LogP contribution is 2.49. The van der Waals surface area contributed by atoms with Gasteiger partial charge in [0.1, 0.15) is 5.65 Å². The van der Waals surface area contributed by atoms with Gasteiger partial charge in [0.05, 0.1) is 16.7 Å². The molecule has 0 atom stereocenters. The number of rotatable bonds is 2. The highest BCUT2D eigenvalue weighted by molar-refractivity contribution is 7.99. The van der Waals surface area contributed by atoms with Crippen LogP contribution in [-0.2, 0) is 0 Å². The summed E-state index contributed by atoms with van der Waals surface area (Å²) in [5, 5.41) is 6.45. The Morgan fingerprint density at radius 3 is 2.21 bits per heavy atom. The summed E-state index contributed by atoms with van der Waals surface area (Å²) >= 11 is 1.87. The van der Waals surface area contributed by atoms with Crippen molar-refractivity contribution in [1.29, 1.82) is 0 Å². The van der Waals surface area contributed by atoms with Gasteiger partial charge < -0.3 is 0 Å². The van der Waals surface area contributed by atoms with E-state index in [1.165, 1.54) is 75.9 Å². The van der Waals surface area contributed by atoms with E-state index in [-0.39, 0.29) is 0 Å². The number of aromatic nitrogens is 2. The van der Waals surface area contributed by atoms with Gasteiger partial charge in [-0.2, -0.15) is 0 Å². The Balaban J connectivity index is 1.42. The number of nitrogens with zero attached hydrogens (tertiary/aromatic N) is 2. The molecule has 1 aliphatic heterocycles. The second-order valence-electron chi connectivity index (χ2n) is 10.2. The molecular weight excluding hydrogens is 492 g/mol. The van der Waals surface area contributed by atoms with Gasteiger partial charge in [-0.15, -0.1) is 0 Å². The van der Waals surface area contributed by atoms with Crippen LogP contribution in [0.15, 0.2) is 143 Å². The molecule has 0 bridgehead atoms. The molecule has 0 unspecified atom stereocenters. The van der Waals surface area contributed by atoms with Crippen LogP contribution in [0.3, 0.4) is 0 Å². The Hall–Kier alpha value is -4.73. The maximum Gasteiger partial charge on any atom is 0.131 e. The van der Waals surface area contributed by atoms with Crippen LogP contribution in [-0.4, -0.2) is 9.13 Å². The van der Waals surface area contributed by atoms with Crippen LogP contribution in [0.5, 0.6) is 0 Å². The average molecular weight is 515 g/mol. The normalized spacial score (nSPS) is 12.5. The van der Waals surface area contributed by atoms with Gasteiger partial charge in [0.25, 0.3) is 0 Å². The molecule has 0 saturated carbocycles. The van der Waals surface area contributed by atoms with Crippen molar-refractivity contribution >= 4 is 55.4 Å². The molecule has 0 saturated heterocycles. The quantitative estimate of drug-likeness (QED) is 0.223. The van der Waals surface area contributed by atoms with Crippen molar-refractivity contribution in [3.8, 4) is 22.5 Å². The molecule has 3 heterocycles. The van der Waals surface area contributed by atoms with E-state index in [4.69, 9.17) is 0 Å². The zero-order valence-electron chi connectivity index (χ0n) is 21.0. The third-order valence-corrected chi connectivity index (χ3v) is 9.20. The number of benzene rings is 6. The third kappa shape index (κ3) is 2.88. The number of fused-ring (bicyclic) bond motifs is 8. The van der Waals surface area contributed by atoms with Crippen LogP contribution < -0.4 is 0 Å². The van der Waals surface area contributed by atoms with Gasteiger partial charge in [-0.25, -0.2) is 0 Å². The number of hydrogen-bond acceptors (Lipinski definition) is 1.